The van der Waals surface area contributed by atoms with E-state index in [1.807, 2.05) is 23.1 Å². The van der Waals surface area contributed by atoms with E-state index in [2.05, 4.69) is 15.9 Å². The molecule has 2 aliphatic rings. The minimum Gasteiger partial charge on any atom is -0.350 e. The summed E-state index contributed by atoms with van der Waals surface area (Å²) in [5.41, 5.74) is 0. The third-order valence-corrected chi connectivity index (χ3v) is 5.38. The van der Waals surface area contributed by atoms with Crippen LogP contribution < -0.4 is 0 Å². The molecule has 0 bridgehead atoms. The van der Waals surface area contributed by atoms with E-state index >= 15 is 0 Å². The Kier molecular flexibility index (Phi) is 5.11. The van der Waals surface area contributed by atoms with Gasteiger partial charge in [0, 0.05) is 30.0 Å². The Bertz CT molecular complexity index is 525. The minimum absolute atomic E-state index is 0.0715. The van der Waals surface area contributed by atoms with Gasteiger partial charge in [0.05, 0.1) is 17.0 Å². The second-order valence-corrected chi connectivity index (χ2v) is 7.77. The lowest BCUT2D eigenvalue weighted by Gasteiger charge is -2.34. The molecule has 0 aliphatic carbocycles. The quantitative estimate of drug-likeness (QED) is 0.766. The van der Waals surface area contributed by atoms with Crippen LogP contribution in [0.3, 0.4) is 0 Å². The smallest absolute Gasteiger partial charge is 0.246 e. The number of likely N-dealkylation sites (tertiary alicyclic amines) is 1. The molecule has 2 aliphatic heterocycles. The predicted octanol–water partition coefficient (Wildman–Crippen LogP) is 3.14. The number of carbonyl (C=O) groups excluding carboxylic acids is 1. The normalized spacial score (nSPS) is 24.0. The molecule has 4 nitrogen and oxygen atoms in total. The van der Waals surface area contributed by atoms with Crippen molar-refractivity contribution in [2.24, 2.45) is 5.92 Å². The van der Waals surface area contributed by atoms with Gasteiger partial charge in [0.1, 0.15) is 0 Å². The Morgan fingerprint density at radius 2 is 2.19 bits per heavy atom. The highest BCUT2D eigenvalue weighted by molar-refractivity contribution is 9.11. The average Bonchev–Trinajstić information content (AvgIpc) is 3.16. The molecule has 3 heterocycles. The molecule has 0 N–H and O–H groups in total. The maximum Gasteiger partial charge on any atom is 0.246 e. The van der Waals surface area contributed by atoms with Crippen molar-refractivity contribution in [1.82, 2.24) is 4.90 Å². The van der Waals surface area contributed by atoms with Gasteiger partial charge in [0.15, 0.2) is 6.29 Å². The molecule has 1 aromatic rings. The van der Waals surface area contributed by atoms with Gasteiger partial charge in [-0.05, 0) is 47.0 Å². The molecule has 114 valence electrons. The summed E-state index contributed by atoms with van der Waals surface area (Å²) in [5, 5.41) is 0. The maximum absolute atomic E-state index is 12.3. The Balaban J connectivity index is 1.57. The summed E-state index contributed by atoms with van der Waals surface area (Å²) < 4.78 is 12.2. The van der Waals surface area contributed by atoms with Crippen LogP contribution in [0.4, 0.5) is 0 Å². The molecule has 1 aromatic heterocycles. The van der Waals surface area contributed by atoms with E-state index in [1.54, 1.807) is 17.4 Å². The lowest BCUT2D eigenvalue weighted by atomic mass is 9.97. The first kappa shape index (κ1) is 15.2. The molecule has 21 heavy (non-hydrogen) atoms. The van der Waals surface area contributed by atoms with E-state index < -0.39 is 0 Å². The van der Waals surface area contributed by atoms with E-state index in [9.17, 15) is 4.79 Å². The zero-order chi connectivity index (χ0) is 14.7. The molecule has 3 rings (SSSR count). The van der Waals surface area contributed by atoms with Gasteiger partial charge >= 0.3 is 0 Å². The van der Waals surface area contributed by atoms with Crippen LogP contribution in [0.25, 0.3) is 6.08 Å². The second-order valence-electron chi connectivity index (χ2n) is 5.27. The molecule has 0 radical (unpaired) electrons. The molecular formula is C15H18BrNO3S. The maximum atomic E-state index is 12.3. The number of thiophene rings is 1. The number of piperidine rings is 1. The number of amides is 1. The fourth-order valence-electron chi connectivity index (χ4n) is 2.76. The number of halogens is 1. The molecule has 0 spiro atoms. The van der Waals surface area contributed by atoms with Crippen molar-refractivity contribution in [2.45, 2.75) is 19.1 Å². The molecule has 1 unspecified atom stereocenters. The molecule has 1 amide bonds. The van der Waals surface area contributed by atoms with Crippen LogP contribution in [0.5, 0.6) is 0 Å². The summed E-state index contributed by atoms with van der Waals surface area (Å²) in [6, 6.07) is 3.98. The molecule has 0 saturated carbocycles. The number of rotatable bonds is 3. The van der Waals surface area contributed by atoms with Crippen molar-refractivity contribution in [1.29, 1.82) is 0 Å². The third-order valence-electron chi connectivity index (χ3n) is 3.79. The fourth-order valence-corrected chi connectivity index (χ4v) is 4.08. The third kappa shape index (κ3) is 3.94. The van der Waals surface area contributed by atoms with Gasteiger partial charge in [-0.15, -0.1) is 11.3 Å². The average molecular weight is 372 g/mol. The van der Waals surface area contributed by atoms with Gasteiger partial charge in [0.25, 0.3) is 0 Å². The van der Waals surface area contributed by atoms with E-state index in [1.165, 1.54) is 0 Å². The lowest BCUT2D eigenvalue weighted by molar-refractivity contribution is -0.134. The van der Waals surface area contributed by atoms with E-state index in [0.717, 1.165) is 34.6 Å². The number of carbonyl (C=O) groups is 1. The highest BCUT2D eigenvalue weighted by atomic mass is 79.9. The van der Waals surface area contributed by atoms with Crippen LogP contribution in [-0.4, -0.2) is 43.4 Å². The molecule has 2 fully saturated rings. The first-order chi connectivity index (χ1) is 10.2. The van der Waals surface area contributed by atoms with E-state index in [0.29, 0.717) is 19.1 Å². The Labute approximate surface area is 136 Å². The monoisotopic (exact) mass is 371 g/mol. The van der Waals surface area contributed by atoms with Crippen LogP contribution >= 0.6 is 27.3 Å². The molecule has 1 atom stereocenters. The summed E-state index contributed by atoms with van der Waals surface area (Å²) in [6.07, 6.45) is 5.49. The van der Waals surface area contributed by atoms with Crippen LogP contribution in [-0.2, 0) is 14.3 Å². The molecular weight excluding hydrogens is 354 g/mol. The topological polar surface area (TPSA) is 38.8 Å². The highest BCUT2D eigenvalue weighted by Gasteiger charge is 2.32. The van der Waals surface area contributed by atoms with Gasteiger partial charge in [-0.25, -0.2) is 0 Å². The SMILES string of the molecule is O=C(/C=C/c1ccc(Br)s1)N1CCCC(C2OCCO2)C1. The largest absolute Gasteiger partial charge is 0.350 e. The first-order valence-corrected chi connectivity index (χ1v) is 8.79. The van der Waals surface area contributed by atoms with Gasteiger partial charge in [0.2, 0.25) is 5.91 Å². The molecule has 0 aromatic carbocycles. The Hall–Kier alpha value is -0.690. The standard InChI is InChI=1S/C15H18BrNO3S/c16-13-5-3-12(21-13)4-6-14(18)17-7-1-2-11(10-17)15-19-8-9-20-15/h3-6,11,15H,1-2,7-10H2/b6-4+. The van der Waals surface area contributed by atoms with E-state index in [4.69, 9.17) is 9.47 Å². The van der Waals surface area contributed by atoms with Gasteiger partial charge in [-0.2, -0.15) is 0 Å². The first-order valence-electron chi connectivity index (χ1n) is 7.18. The number of nitrogens with zero attached hydrogens (tertiary/aromatic N) is 1. The zero-order valence-electron chi connectivity index (χ0n) is 11.7. The van der Waals surface area contributed by atoms with Crippen molar-refractivity contribution in [3.8, 4) is 0 Å². The van der Waals surface area contributed by atoms with Crippen LogP contribution in [0.2, 0.25) is 0 Å². The lowest BCUT2D eigenvalue weighted by Crippen LogP contribution is -2.43. The van der Waals surface area contributed by atoms with Crippen molar-refractivity contribution < 1.29 is 14.3 Å². The highest BCUT2D eigenvalue weighted by Crippen LogP contribution is 2.26. The Morgan fingerprint density at radius 3 is 2.90 bits per heavy atom. The van der Waals surface area contributed by atoms with Gasteiger partial charge < -0.3 is 14.4 Å². The van der Waals surface area contributed by atoms with Crippen molar-refractivity contribution in [3.63, 3.8) is 0 Å². The minimum atomic E-state index is -0.127. The number of ether oxygens (including phenoxy) is 2. The van der Waals surface area contributed by atoms with Crippen LogP contribution in [0.1, 0.15) is 17.7 Å². The summed E-state index contributed by atoms with van der Waals surface area (Å²) in [7, 11) is 0. The van der Waals surface area contributed by atoms with Crippen molar-refractivity contribution in [2.75, 3.05) is 26.3 Å². The van der Waals surface area contributed by atoms with Crippen LogP contribution in [0.15, 0.2) is 22.0 Å². The fraction of sp³-hybridized carbons (Fsp3) is 0.533. The molecule has 2 saturated heterocycles. The zero-order valence-corrected chi connectivity index (χ0v) is 14.1. The predicted molar refractivity (Wildman–Crippen MR) is 86.0 cm³/mol. The number of hydrogen-bond acceptors (Lipinski definition) is 4. The van der Waals surface area contributed by atoms with E-state index in [-0.39, 0.29) is 12.2 Å². The summed E-state index contributed by atoms with van der Waals surface area (Å²) >= 11 is 5.04. The van der Waals surface area contributed by atoms with Crippen molar-refractivity contribution >= 4 is 39.2 Å². The van der Waals surface area contributed by atoms with Crippen molar-refractivity contribution in [3.05, 3.63) is 26.9 Å². The summed E-state index contributed by atoms with van der Waals surface area (Å²) in [4.78, 5) is 15.3. The Morgan fingerprint density at radius 1 is 1.38 bits per heavy atom. The summed E-state index contributed by atoms with van der Waals surface area (Å²) in [6.45, 7) is 2.88. The van der Waals surface area contributed by atoms with Gasteiger partial charge in [-0.1, -0.05) is 0 Å². The second kappa shape index (κ2) is 7.05. The van der Waals surface area contributed by atoms with Crippen LogP contribution in [0, 0.1) is 5.92 Å². The summed E-state index contributed by atoms with van der Waals surface area (Å²) in [5.74, 6) is 0.372. The van der Waals surface area contributed by atoms with Gasteiger partial charge in [-0.3, -0.25) is 4.79 Å². The number of hydrogen-bond donors (Lipinski definition) is 0. The molecule has 6 heteroatoms.